The molecule has 0 saturated heterocycles. The molecule has 6 heteroatoms. The van der Waals surface area contributed by atoms with Crippen LogP contribution in [0, 0.1) is 0 Å². The molecule has 0 saturated carbocycles. The molecule has 0 radical (unpaired) electrons. The van der Waals surface area contributed by atoms with E-state index in [1.165, 1.54) is 10.8 Å². The summed E-state index contributed by atoms with van der Waals surface area (Å²) < 4.78 is 6.76. The average Bonchev–Trinajstić information content (AvgIpc) is 3.88. The van der Waals surface area contributed by atoms with Crippen LogP contribution in [-0.2, 0) is 0 Å². The molecular formula is C45H28N6. The van der Waals surface area contributed by atoms with Crippen LogP contribution in [0.25, 0.3) is 94.6 Å². The largest absolute Gasteiger partial charge is 0.292 e. The summed E-state index contributed by atoms with van der Waals surface area (Å²) in [4.78, 5) is 15.5. The van der Waals surface area contributed by atoms with Crippen molar-refractivity contribution in [1.82, 2.24) is 28.5 Å². The monoisotopic (exact) mass is 652 g/mol. The van der Waals surface area contributed by atoms with Crippen molar-refractivity contribution in [3.05, 3.63) is 170 Å². The molecular weight excluding hydrogens is 625 g/mol. The van der Waals surface area contributed by atoms with Gasteiger partial charge in [-0.3, -0.25) is 13.5 Å². The van der Waals surface area contributed by atoms with Crippen LogP contribution in [0.4, 0.5) is 0 Å². The van der Waals surface area contributed by atoms with Gasteiger partial charge in [0, 0.05) is 27.4 Å². The Morgan fingerprint density at radius 2 is 0.941 bits per heavy atom. The molecule has 4 aromatic heterocycles. The molecule has 0 bridgehead atoms. The Morgan fingerprint density at radius 3 is 1.75 bits per heavy atom. The third kappa shape index (κ3) is 4.14. The Bertz CT molecular complexity index is 3130. The number of hydrogen-bond acceptors (Lipinski definition) is 3. The third-order valence-electron chi connectivity index (χ3n) is 10.1. The molecule has 0 N–H and O–H groups in total. The Balaban J connectivity index is 1.12. The molecule has 7 aromatic carbocycles. The van der Waals surface area contributed by atoms with Gasteiger partial charge in [0.2, 0.25) is 5.95 Å². The molecule has 4 heterocycles. The molecule has 238 valence electrons. The Hall–Kier alpha value is -7.05. The van der Waals surface area contributed by atoms with Gasteiger partial charge in [0.1, 0.15) is 11.5 Å². The molecule has 0 aliphatic carbocycles. The summed E-state index contributed by atoms with van der Waals surface area (Å²) in [6.45, 7) is 0. The average molecular weight is 653 g/mol. The van der Waals surface area contributed by atoms with E-state index in [1.807, 2.05) is 24.3 Å². The highest BCUT2D eigenvalue weighted by molar-refractivity contribution is 6.10. The lowest BCUT2D eigenvalue weighted by Gasteiger charge is -2.13. The second kappa shape index (κ2) is 10.7. The number of aromatic nitrogens is 6. The minimum absolute atomic E-state index is 0.816. The Morgan fingerprint density at radius 1 is 0.353 bits per heavy atom. The van der Waals surface area contributed by atoms with Crippen molar-refractivity contribution in [2.24, 2.45) is 0 Å². The van der Waals surface area contributed by atoms with Crippen molar-refractivity contribution < 1.29 is 0 Å². The topological polar surface area (TPSA) is 52.9 Å². The summed E-state index contributed by atoms with van der Waals surface area (Å²) in [5.74, 6) is 1.74. The van der Waals surface area contributed by atoms with E-state index >= 15 is 0 Å². The van der Waals surface area contributed by atoms with E-state index in [-0.39, 0.29) is 0 Å². The summed E-state index contributed by atoms with van der Waals surface area (Å²) in [6, 6.07) is 59.5. The number of benzene rings is 7. The fourth-order valence-corrected chi connectivity index (χ4v) is 7.71. The zero-order valence-electron chi connectivity index (χ0n) is 27.3. The van der Waals surface area contributed by atoms with Crippen LogP contribution in [0.1, 0.15) is 0 Å². The van der Waals surface area contributed by atoms with Gasteiger partial charge >= 0.3 is 0 Å². The molecule has 51 heavy (non-hydrogen) atoms. The summed E-state index contributed by atoms with van der Waals surface area (Å²) in [7, 11) is 0. The van der Waals surface area contributed by atoms with Crippen molar-refractivity contribution >= 4 is 60.4 Å². The number of imidazole rings is 2. The molecule has 0 spiro atoms. The van der Waals surface area contributed by atoms with E-state index in [0.717, 1.165) is 83.8 Å². The number of hydrogen-bond donors (Lipinski definition) is 0. The van der Waals surface area contributed by atoms with Gasteiger partial charge in [-0.2, -0.15) is 0 Å². The van der Waals surface area contributed by atoms with E-state index in [1.54, 1.807) is 0 Å². The van der Waals surface area contributed by atoms with Gasteiger partial charge in [-0.05, 0) is 71.8 Å². The van der Waals surface area contributed by atoms with Crippen LogP contribution in [0.15, 0.2) is 170 Å². The van der Waals surface area contributed by atoms with Gasteiger partial charge < -0.3 is 0 Å². The van der Waals surface area contributed by atoms with Crippen molar-refractivity contribution in [1.29, 1.82) is 0 Å². The van der Waals surface area contributed by atoms with E-state index < -0.39 is 0 Å². The molecule has 0 amide bonds. The van der Waals surface area contributed by atoms with Crippen molar-refractivity contribution in [2.75, 3.05) is 0 Å². The number of fused-ring (bicyclic) bond motifs is 9. The minimum Gasteiger partial charge on any atom is -0.292 e. The number of rotatable bonds is 4. The minimum atomic E-state index is 0.816. The summed E-state index contributed by atoms with van der Waals surface area (Å²) in [5, 5.41) is 3.39. The highest BCUT2D eigenvalue weighted by Gasteiger charge is 2.20. The van der Waals surface area contributed by atoms with Crippen LogP contribution >= 0.6 is 0 Å². The lowest BCUT2D eigenvalue weighted by Crippen LogP contribution is -2.06. The lowest BCUT2D eigenvalue weighted by atomic mass is 10.0. The van der Waals surface area contributed by atoms with E-state index in [4.69, 9.17) is 15.0 Å². The Kier molecular flexibility index (Phi) is 5.86. The molecule has 11 aromatic rings. The highest BCUT2D eigenvalue weighted by Crippen LogP contribution is 2.37. The fraction of sp³-hybridized carbons (Fsp3) is 0. The van der Waals surface area contributed by atoms with Crippen LogP contribution in [0.3, 0.4) is 0 Å². The summed E-state index contributed by atoms with van der Waals surface area (Å²) >= 11 is 0. The predicted octanol–water partition coefficient (Wildman–Crippen LogP) is 10.8. The number of para-hydroxylation sites is 7. The zero-order chi connectivity index (χ0) is 33.5. The lowest BCUT2D eigenvalue weighted by molar-refractivity contribution is 0.979. The van der Waals surface area contributed by atoms with Gasteiger partial charge in [0.25, 0.3) is 0 Å². The standard InChI is InChI=1S/C45H28N6/c1-2-12-32(13-3-1)49-40-20-10-7-17-37(40)46-43(49)30-24-22-29(23-25-30)31-26-27-34-33-14-5-9-19-39(33)50(42(34)28-31)45-48-36-16-6-4-15-35(36)44-47-38-18-8-11-21-41(38)51(44)45/h1-28H. The molecule has 6 nitrogen and oxygen atoms in total. The van der Waals surface area contributed by atoms with Crippen LogP contribution in [0.2, 0.25) is 0 Å². The molecule has 0 unspecified atom stereocenters. The molecule has 0 aliphatic heterocycles. The van der Waals surface area contributed by atoms with Crippen molar-refractivity contribution in [2.45, 2.75) is 0 Å². The zero-order valence-corrected chi connectivity index (χ0v) is 27.3. The van der Waals surface area contributed by atoms with Gasteiger partial charge in [0.15, 0.2) is 0 Å². The summed E-state index contributed by atoms with van der Waals surface area (Å²) in [6.07, 6.45) is 0. The molecule has 0 fully saturated rings. The van der Waals surface area contributed by atoms with E-state index in [2.05, 4.69) is 159 Å². The Labute approximate surface area is 292 Å². The van der Waals surface area contributed by atoms with Crippen LogP contribution < -0.4 is 0 Å². The smallest absolute Gasteiger partial charge is 0.221 e. The van der Waals surface area contributed by atoms with E-state index in [9.17, 15) is 0 Å². The first-order chi connectivity index (χ1) is 25.3. The predicted molar refractivity (Wildman–Crippen MR) is 208 cm³/mol. The van der Waals surface area contributed by atoms with Crippen molar-refractivity contribution in [3.63, 3.8) is 0 Å². The maximum absolute atomic E-state index is 5.34. The molecule has 11 rings (SSSR count). The second-order valence-electron chi connectivity index (χ2n) is 12.9. The van der Waals surface area contributed by atoms with Gasteiger partial charge in [-0.25, -0.2) is 15.0 Å². The van der Waals surface area contributed by atoms with Crippen molar-refractivity contribution in [3.8, 4) is 34.2 Å². The van der Waals surface area contributed by atoms with Crippen LogP contribution in [-0.4, -0.2) is 28.5 Å². The first-order valence-electron chi connectivity index (χ1n) is 17.1. The van der Waals surface area contributed by atoms with Gasteiger partial charge in [-0.15, -0.1) is 0 Å². The van der Waals surface area contributed by atoms with Crippen LogP contribution in [0.5, 0.6) is 0 Å². The molecule has 0 atom stereocenters. The summed E-state index contributed by atoms with van der Waals surface area (Å²) in [5.41, 5.74) is 12.4. The fourth-order valence-electron chi connectivity index (χ4n) is 7.71. The molecule has 0 aliphatic rings. The maximum atomic E-state index is 5.34. The second-order valence-corrected chi connectivity index (χ2v) is 12.9. The highest BCUT2D eigenvalue weighted by atomic mass is 15.2. The first-order valence-corrected chi connectivity index (χ1v) is 17.1. The first kappa shape index (κ1) is 27.9. The van der Waals surface area contributed by atoms with E-state index in [0.29, 0.717) is 0 Å². The normalized spacial score (nSPS) is 11.9. The SMILES string of the molecule is c1ccc(-n2c(-c3ccc(-c4ccc5c6ccccc6n(-c6nc7ccccc7c7nc8ccccc8n67)c5c4)cc3)nc3ccccc32)cc1. The maximum Gasteiger partial charge on any atom is 0.221 e. The number of nitrogens with zero attached hydrogens (tertiary/aromatic N) is 6. The van der Waals surface area contributed by atoms with Gasteiger partial charge in [-0.1, -0.05) is 109 Å². The quantitative estimate of drug-likeness (QED) is 0.190. The third-order valence-corrected chi connectivity index (χ3v) is 10.1. The van der Waals surface area contributed by atoms with Gasteiger partial charge in [0.05, 0.1) is 38.6 Å².